The van der Waals surface area contributed by atoms with Crippen molar-refractivity contribution >= 4 is 12.4 Å². The summed E-state index contributed by atoms with van der Waals surface area (Å²) in [4.78, 5) is 30.9. The molecule has 186 valence electrons. The second-order valence-electron chi connectivity index (χ2n) is 7.70. The van der Waals surface area contributed by atoms with Crippen molar-refractivity contribution in [2.75, 3.05) is 6.54 Å². The highest BCUT2D eigenvalue weighted by Crippen LogP contribution is 2.32. The second-order valence-corrected chi connectivity index (χ2v) is 7.70. The normalized spacial score (nSPS) is 15.9. The van der Waals surface area contributed by atoms with Gasteiger partial charge in [-0.1, -0.05) is 5.16 Å². The SMILES string of the molecule is NC(CC(=O)N1CCCC1c1noc(-c2ccc(F)cn2)n1)Cc1cc(F)c(F)cc1F.O=CO. The van der Waals surface area contributed by atoms with Crippen molar-refractivity contribution < 1.29 is 36.8 Å². The highest BCUT2D eigenvalue weighted by Gasteiger charge is 2.34. The molecule has 0 saturated carbocycles. The number of aromatic nitrogens is 3. The lowest BCUT2D eigenvalue weighted by Gasteiger charge is -2.24. The van der Waals surface area contributed by atoms with Gasteiger partial charge in [0.15, 0.2) is 17.5 Å². The van der Waals surface area contributed by atoms with E-state index < -0.39 is 35.4 Å². The Bertz CT molecular complexity index is 1180. The van der Waals surface area contributed by atoms with Crippen molar-refractivity contribution in [1.82, 2.24) is 20.0 Å². The highest BCUT2D eigenvalue weighted by atomic mass is 19.2. The standard InChI is InChI=1S/C21H19F4N5O2.CH2O2/c22-12-3-4-17(27-10-12)21-28-20(29-32-21)18-2-1-5-30(18)19(31)8-13(26)6-11-7-15(24)16(25)9-14(11)23;2-1-3/h3-4,7,9-10,13,18H,1-2,5-6,8,26H2;1H,(H,2,3). The van der Waals surface area contributed by atoms with E-state index in [2.05, 4.69) is 15.1 Å². The molecule has 2 aromatic heterocycles. The topological polar surface area (TPSA) is 135 Å². The van der Waals surface area contributed by atoms with Crippen LogP contribution in [0.3, 0.4) is 0 Å². The smallest absolute Gasteiger partial charge is 0.290 e. The van der Waals surface area contributed by atoms with Gasteiger partial charge in [-0.3, -0.25) is 9.59 Å². The number of carboxylic acid groups (broad SMARTS) is 1. The summed E-state index contributed by atoms with van der Waals surface area (Å²) >= 11 is 0. The first kappa shape index (κ1) is 25.7. The van der Waals surface area contributed by atoms with E-state index in [1.807, 2.05) is 0 Å². The molecule has 1 amide bonds. The average Bonchev–Trinajstić information content (AvgIpc) is 3.48. The van der Waals surface area contributed by atoms with Crippen LogP contribution in [0.1, 0.15) is 36.7 Å². The van der Waals surface area contributed by atoms with E-state index in [0.717, 1.165) is 12.3 Å². The number of pyridine rings is 1. The van der Waals surface area contributed by atoms with Gasteiger partial charge in [0.1, 0.15) is 17.3 Å². The molecule has 0 spiro atoms. The van der Waals surface area contributed by atoms with Crippen molar-refractivity contribution in [1.29, 1.82) is 0 Å². The van der Waals surface area contributed by atoms with Crippen LogP contribution < -0.4 is 5.73 Å². The summed E-state index contributed by atoms with van der Waals surface area (Å²) in [5.41, 5.74) is 6.19. The van der Waals surface area contributed by atoms with Crippen molar-refractivity contribution in [3.8, 4) is 11.6 Å². The van der Waals surface area contributed by atoms with Crippen LogP contribution in [0.4, 0.5) is 17.6 Å². The summed E-state index contributed by atoms with van der Waals surface area (Å²) in [6, 6.07) is 2.59. The minimum absolute atomic E-state index is 0.100. The molecule has 1 fully saturated rings. The maximum absolute atomic E-state index is 13.9. The third kappa shape index (κ3) is 6.38. The number of amides is 1. The van der Waals surface area contributed by atoms with Crippen LogP contribution in [-0.2, 0) is 16.0 Å². The molecule has 3 heterocycles. The molecular weight excluding hydrogens is 474 g/mol. The Hall–Kier alpha value is -3.87. The molecule has 1 aliphatic rings. The molecule has 1 aliphatic heterocycles. The second kappa shape index (κ2) is 11.5. The first-order valence-corrected chi connectivity index (χ1v) is 10.4. The number of nitrogens with zero attached hydrogens (tertiary/aromatic N) is 4. The lowest BCUT2D eigenvalue weighted by Crippen LogP contribution is -2.36. The summed E-state index contributed by atoms with van der Waals surface area (Å²) in [7, 11) is 0. The van der Waals surface area contributed by atoms with Crippen LogP contribution >= 0.6 is 0 Å². The molecule has 0 aliphatic carbocycles. The zero-order chi connectivity index (χ0) is 25.5. The van der Waals surface area contributed by atoms with Gasteiger partial charge in [0.25, 0.3) is 12.4 Å². The number of benzene rings is 1. The molecule has 0 radical (unpaired) electrons. The largest absolute Gasteiger partial charge is 0.483 e. The van der Waals surface area contributed by atoms with Crippen LogP contribution in [0.5, 0.6) is 0 Å². The molecule has 9 nitrogen and oxygen atoms in total. The fourth-order valence-electron chi connectivity index (χ4n) is 3.73. The number of rotatable bonds is 6. The third-order valence-electron chi connectivity index (χ3n) is 5.27. The lowest BCUT2D eigenvalue weighted by molar-refractivity contribution is -0.132. The Morgan fingerprint density at radius 3 is 2.63 bits per heavy atom. The Labute approximate surface area is 196 Å². The van der Waals surface area contributed by atoms with Crippen LogP contribution in [-0.4, -0.2) is 50.1 Å². The van der Waals surface area contributed by atoms with Gasteiger partial charge in [-0.2, -0.15) is 4.98 Å². The van der Waals surface area contributed by atoms with E-state index >= 15 is 0 Å². The highest BCUT2D eigenvalue weighted by molar-refractivity contribution is 5.77. The zero-order valence-electron chi connectivity index (χ0n) is 18.2. The van der Waals surface area contributed by atoms with Crippen molar-refractivity contribution in [2.45, 2.75) is 37.8 Å². The summed E-state index contributed by atoms with van der Waals surface area (Å²) in [6.07, 6.45) is 2.09. The van der Waals surface area contributed by atoms with E-state index in [-0.39, 0.29) is 42.5 Å². The molecule has 3 N–H and O–H groups in total. The third-order valence-corrected chi connectivity index (χ3v) is 5.27. The molecule has 3 aromatic rings. The number of hydrogen-bond acceptors (Lipinski definition) is 7. The van der Waals surface area contributed by atoms with Gasteiger partial charge >= 0.3 is 0 Å². The maximum atomic E-state index is 13.9. The van der Waals surface area contributed by atoms with Gasteiger partial charge < -0.3 is 20.3 Å². The fraction of sp³-hybridized carbons (Fsp3) is 0.318. The van der Waals surface area contributed by atoms with E-state index in [1.165, 1.54) is 12.1 Å². The summed E-state index contributed by atoms with van der Waals surface area (Å²) in [6.45, 7) is 0.203. The number of carbonyl (C=O) groups excluding carboxylic acids is 1. The van der Waals surface area contributed by atoms with E-state index in [9.17, 15) is 22.4 Å². The predicted molar refractivity (Wildman–Crippen MR) is 112 cm³/mol. The predicted octanol–water partition coefficient (Wildman–Crippen LogP) is 3.01. The van der Waals surface area contributed by atoms with Gasteiger partial charge in [0, 0.05) is 25.1 Å². The van der Waals surface area contributed by atoms with Crippen LogP contribution in [0.25, 0.3) is 11.6 Å². The van der Waals surface area contributed by atoms with Crippen molar-refractivity contribution in [2.24, 2.45) is 5.73 Å². The Morgan fingerprint density at radius 2 is 1.94 bits per heavy atom. The van der Waals surface area contributed by atoms with Crippen LogP contribution in [0, 0.1) is 23.3 Å². The van der Waals surface area contributed by atoms with Gasteiger partial charge in [-0.15, -0.1) is 0 Å². The number of halogens is 4. The maximum Gasteiger partial charge on any atom is 0.290 e. The van der Waals surface area contributed by atoms with Gasteiger partial charge in [0.2, 0.25) is 5.91 Å². The average molecular weight is 495 g/mol. The minimum Gasteiger partial charge on any atom is -0.483 e. The first-order valence-electron chi connectivity index (χ1n) is 10.4. The van der Waals surface area contributed by atoms with E-state index in [0.29, 0.717) is 31.1 Å². The number of nitrogens with two attached hydrogens (primary N) is 1. The quantitative estimate of drug-likeness (QED) is 0.303. The number of hydrogen-bond donors (Lipinski definition) is 2. The van der Waals surface area contributed by atoms with Crippen LogP contribution in [0.2, 0.25) is 0 Å². The number of likely N-dealkylation sites (tertiary alicyclic amines) is 1. The number of carbonyl (C=O) groups is 2. The van der Waals surface area contributed by atoms with Gasteiger partial charge in [-0.05, 0) is 43.0 Å². The van der Waals surface area contributed by atoms with Gasteiger partial charge in [-0.25, -0.2) is 22.5 Å². The first-order chi connectivity index (χ1) is 16.7. The molecule has 35 heavy (non-hydrogen) atoms. The summed E-state index contributed by atoms with van der Waals surface area (Å²) in [5, 5.41) is 10.8. The van der Waals surface area contributed by atoms with Crippen LogP contribution in [0.15, 0.2) is 35.0 Å². The molecule has 13 heteroatoms. The molecule has 1 saturated heterocycles. The Balaban J connectivity index is 0.00000108. The molecule has 4 rings (SSSR count). The molecule has 2 atom stereocenters. The van der Waals surface area contributed by atoms with Gasteiger partial charge in [0.05, 0.1) is 12.2 Å². The van der Waals surface area contributed by atoms with E-state index in [4.69, 9.17) is 20.2 Å². The summed E-state index contributed by atoms with van der Waals surface area (Å²) in [5.74, 6) is -3.79. The fourth-order valence-corrected chi connectivity index (χ4v) is 3.73. The van der Waals surface area contributed by atoms with Crippen molar-refractivity contribution in [3.63, 3.8) is 0 Å². The Morgan fingerprint density at radius 1 is 1.23 bits per heavy atom. The molecule has 1 aromatic carbocycles. The van der Waals surface area contributed by atoms with E-state index in [1.54, 1.807) is 4.90 Å². The minimum atomic E-state index is -1.29. The summed E-state index contributed by atoms with van der Waals surface area (Å²) < 4.78 is 58.6. The monoisotopic (exact) mass is 495 g/mol. The Kier molecular flexibility index (Phi) is 8.47. The molecule has 2 unspecified atom stereocenters. The van der Waals surface area contributed by atoms with Crippen molar-refractivity contribution in [3.05, 3.63) is 65.1 Å². The molecular formula is C22H21F4N5O4. The lowest BCUT2D eigenvalue weighted by atomic mass is 10.0. The molecule has 0 bridgehead atoms. The zero-order valence-corrected chi connectivity index (χ0v) is 18.2.